The van der Waals surface area contributed by atoms with Crippen molar-refractivity contribution in [1.82, 2.24) is 4.98 Å². The highest BCUT2D eigenvalue weighted by atomic mass is 79.9. The molecule has 0 bridgehead atoms. The summed E-state index contributed by atoms with van der Waals surface area (Å²) in [5, 5.41) is 3.18. The Kier molecular flexibility index (Phi) is 4.41. The van der Waals surface area contributed by atoms with E-state index in [2.05, 4.69) is 26.2 Å². The molecule has 1 aromatic heterocycles. The number of anilines is 2. The molecule has 0 fully saturated rings. The number of nitrogens with two attached hydrogens (primary N) is 1. The lowest BCUT2D eigenvalue weighted by atomic mass is 10.3. The Bertz CT molecular complexity index is 519. The molecular weight excluding hydrogens is 294 g/mol. The van der Waals surface area contributed by atoms with Crippen LogP contribution < -0.4 is 15.8 Å². The Morgan fingerprint density at radius 2 is 2.17 bits per heavy atom. The first-order valence-corrected chi connectivity index (χ1v) is 6.38. The molecule has 0 aliphatic rings. The van der Waals surface area contributed by atoms with Gasteiger partial charge in [-0.1, -0.05) is 6.07 Å². The van der Waals surface area contributed by atoms with Gasteiger partial charge in [-0.2, -0.15) is 0 Å². The van der Waals surface area contributed by atoms with E-state index < -0.39 is 0 Å². The van der Waals surface area contributed by atoms with Gasteiger partial charge in [-0.3, -0.25) is 0 Å². The van der Waals surface area contributed by atoms with Crippen LogP contribution in [0.25, 0.3) is 0 Å². The van der Waals surface area contributed by atoms with Crippen LogP contribution in [0.4, 0.5) is 11.5 Å². The maximum atomic E-state index is 5.66. The lowest BCUT2D eigenvalue weighted by Crippen LogP contribution is -2.12. The molecule has 0 aliphatic heterocycles. The molecular formula is C13H14BrN3O. The fraction of sp³-hybridized carbons (Fsp3) is 0.154. The number of nitrogen functional groups attached to an aromatic ring is 1. The van der Waals surface area contributed by atoms with E-state index in [1.54, 1.807) is 12.3 Å². The normalized spacial score (nSPS) is 10.1. The molecule has 3 N–H and O–H groups in total. The van der Waals surface area contributed by atoms with Crippen LogP contribution >= 0.6 is 15.9 Å². The first-order valence-electron chi connectivity index (χ1n) is 5.58. The van der Waals surface area contributed by atoms with Crippen molar-refractivity contribution in [3.63, 3.8) is 0 Å². The van der Waals surface area contributed by atoms with Crippen LogP contribution in [-0.2, 0) is 0 Å². The predicted molar refractivity (Wildman–Crippen MR) is 76.8 cm³/mol. The fourth-order valence-corrected chi connectivity index (χ4v) is 1.85. The molecule has 18 heavy (non-hydrogen) atoms. The number of benzene rings is 1. The number of ether oxygens (including phenoxy) is 1. The Morgan fingerprint density at radius 3 is 2.94 bits per heavy atom. The number of pyridine rings is 1. The summed E-state index contributed by atoms with van der Waals surface area (Å²) < 4.78 is 6.50. The summed E-state index contributed by atoms with van der Waals surface area (Å²) in [7, 11) is 0. The highest BCUT2D eigenvalue weighted by Crippen LogP contribution is 2.18. The SMILES string of the molecule is Nc1cccc(OCCNc2ncccc2Br)c1. The standard InChI is InChI=1S/C13H14BrN3O/c14-12-5-2-6-16-13(12)17-7-8-18-11-4-1-3-10(15)9-11/h1-6,9H,7-8,15H2,(H,16,17). The monoisotopic (exact) mass is 307 g/mol. The molecule has 0 spiro atoms. The minimum absolute atomic E-state index is 0.548. The molecule has 0 radical (unpaired) electrons. The summed E-state index contributed by atoms with van der Waals surface area (Å²) in [4.78, 5) is 4.20. The van der Waals surface area contributed by atoms with E-state index in [1.165, 1.54) is 0 Å². The van der Waals surface area contributed by atoms with E-state index in [0.717, 1.165) is 16.0 Å². The molecule has 0 atom stereocenters. The van der Waals surface area contributed by atoms with E-state index in [4.69, 9.17) is 10.5 Å². The number of rotatable bonds is 5. The second-order valence-corrected chi connectivity index (χ2v) is 4.54. The van der Waals surface area contributed by atoms with Crippen LogP contribution in [0.2, 0.25) is 0 Å². The second-order valence-electron chi connectivity index (χ2n) is 3.68. The number of hydrogen-bond acceptors (Lipinski definition) is 4. The zero-order valence-corrected chi connectivity index (χ0v) is 11.4. The summed E-state index contributed by atoms with van der Waals surface area (Å²) >= 11 is 3.42. The third kappa shape index (κ3) is 3.63. The summed E-state index contributed by atoms with van der Waals surface area (Å²) in [5.74, 6) is 1.59. The maximum Gasteiger partial charge on any atom is 0.140 e. The topological polar surface area (TPSA) is 60.2 Å². The Morgan fingerprint density at radius 1 is 1.28 bits per heavy atom. The third-order valence-electron chi connectivity index (χ3n) is 2.28. The van der Waals surface area contributed by atoms with Gasteiger partial charge in [0.15, 0.2) is 0 Å². The number of nitrogens with zero attached hydrogens (tertiary/aromatic N) is 1. The van der Waals surface area contributed by atoms with E-state index in [-0.39, 0.29) is 0 Å². The highest BCUT2D eigenvalue weighted by molar-refractivity contribution is 9.10. The molecule has 4 nitrogen and oxygen atoms in total. The lowest BCUT2D eigenvalue weighted by molar-refractivity contribution is 0.333. The van der Waals surface area contributed by atoms with E-state index in [9.17, 15) is 0 Å². The zero-order valence-electron chi connectivity index (χ0n) is 9.77. The molecule has 5 heteroatoms. The molecule has 0 saturated heterocycles. The zero-order chi connectivity index (χ0) is 12.8. The van der Waals surface area contributed by atoms with Crippen molar-refractivity contribution < 1.29 is 4.74 Å². The highest BCUT2D eigenvalue weighted by Gasteiger charge is 1.99. The Labute approximate surface area is 114 Å². The van der Waals surface area contributed by atoms with Gasteiger partial charge in [-0.05, 0) is 40.2 Å². The van der Waals surface area contributed by atoms with Gasteiger partial charge in [0.25, 0.3) is 0 Å². The van der Waals surface area contributed by atoms with Gasteiger partial charge < -0.3 is 15.8 Å². The van der Waals surface area contributed by atoms with Crippen LogP contribution in [-0.4, -0.2) is 18.1 Å². The van der Waals surface area contributed by atoms with E-state index in [1.807, 2.05) is 30.3 Å². The van der Waals surface area contributed by atoms with Gasteiger partial charge >= 0.3 is 0 Å². The van der Waals surface area contributed by atoms with Gasteiger partial charge in [0, 0.05) is 18.0 Å². The van der Waals surface area contributed by atoms with Gasteiger partial charge in [-0.25, -0.2) is 4.98 Å². The van der Waals surface area contributed by atoms with E-state index in [0.29, 0.717) is 18.8 Å². The summed E-state index contributed by atoms with van der Waals surface area (Å²) in [6.07, 6.45) is 1.74. The minimum Gasteiger partial charge on any atom is -0.492 e. The van der Waals surface area contributed by atoms with Crippen molar-refractivity contribution >= 4 is 27.4 Å². The second kappa shape index (κ2) is 6.26. The third-order valence-corrected chi connectivity index (χ3v) is 2.92. The molecule has 2 aromatic rings. The van der Waals surface area contributed by atoms with Crippen molar-refractivity contribution in [2.45, 2.75) is 0 Å². The maximum absolute atomic E-state index is 5.66. The summed E-state index contributed by atoms with van der Waals surface area (Å²) in [5.41, 5.74) is 6.36. The van der Waals surface area contributed by atoms with Crippen LogP contribution in [0.5, 0.6) is 5.75 Å². The van der Waals surface area contributed by atoms with Crippen molar-refractivity contribution in [3.8, 4) is 5.75 Å². The van der Waals surface area contributed by atoms with Crippen LogP contribution in [0.3, 0.4) is 0 Å². The quantitative estimate of drug-likeness (QED) is 0.658. The van der Waals surface area contributed by atoms with Crippen molar-refractivity contribution in [1.29, 1.82) is 0 Å². The average molecular weight is 308 g/mol. The lowest BCUT2D eigenvalue weighted by Gasteiger charge is -2.09. The largest absolute Gasteiger partial charge is 0.492 e. The van der Waals surface area contributed by atoms with Crippen molar-refractivity contribution in [2.24, 2.45) is 0 Å². The Balaban J connectivity index is 1.78. The minimum atomic E-state index is 0.548. The molecule has 0 unspecified atom stereocenters. The Hall–Kier alpha value is -1.75. The summed E-state index contributed by atoms with van der Waals surface area (Å²) in [6, 6.07) is 11.2. The predicted octanol–water partition coefficient (Wildman–Crippen LogP) is 2.92. The van der Waals surface area contributed by atoms with Crippen LogP contribution in [0, 0.1) is 0 Å². The van der Waals surface area contributed by atoms with Gasteiger partial charge in [-0.15, -0.1) is 0 Å². The fourth-order valence-electron chi connectivity index (χ4n) is 1.46. The molecule has 2 rings (SSSR count). The van der Waals surface area contributed by atoms with Gasteiger partial charge in [0.1, 0.15) is 18.2 Å². The first kappa shape index (κ1) is 12.7. The van der Waals surface area contributed by atoms with Gasteiger partial charge in [0.2, 0.25) is 0 Å². The first-order chi connectivity index (χ1) is 8.75. The molecule has 1 aromatic carbocycles. The van der Waals surface area contributed by atoms with Crippen LogP contribution in [0.15, 0.2) is 47.1 Å². The van der Waals surface area contributed by atoms with Crippen LogP contribution in [0.1, 0.15) is 0 Å². The summed E-state index contributed by atoms with van der Waals surface area (Å²) in [6.45, 7) is 1.22. The number of hydrogen-bond donors (Lipinski definition) is 2. The number of nitrogens with one attached hydrogen (secondary N) is 1. The smallest absolute Gasteiger partial charge is 0.140 e. The molecule has 0 aliphatic carbocycles. The molecule has 94 valence electrons. The van der Waals surface area contributed by atoms with Crippen molar-refractivity contribution in [2.75, 3.05) is 24.2 Å². The van der Waals surface area contributed by atoms with Crippen molar-refractivity contribution in [3.05, 3.63) is 47.1 Å². The molecule has 0 saturated carbocycles. The molecule has 1 heterocycles. The average Bonchev–Trinajstić information content (AvgIpc) is 2.37. The van der Waals surface area contributed by atoms with E-state index >= 15 is 0 Å². The molecule has 0 amide bonds. The number of halogens is 1. The number of aromatic nitrogens is 1. The van der Waals surface area contributed by atoms with Gasteiger partial charge in [0.05, 0.1) is 11.0 Å².